The molecule has 0 spiro atoms. The Morgan fingerprint density at radius 1 is 1.39 bits per heavy atom. The Hall–Kier alpha value is -1.79. The number of phenolic OH excluding ortho intramolecular Hbond substituents is 1. The van der Waals surface area contributed by atoms with Gasteiger partial charge in [-0.1, -0.05) is 13.0 Å². The second-order valence-corrected chi connectivity index (χ2v) is 5.94. The van der Waals surface area contributed by atoms with Crippen molar-refractivity contribution >= 4 is 5.97 Å². The number of piperazine rings is 1. The van der Waals surface area contributed by atoms with Gasteiger partial charge in [0.05, 0.1) is 6.61 Å². The van der Waals surface area contributed by atoms with Gasteiger partial charge in [0, 0.05) is 25.7 Å². The summed E-state index contributed by atoms with van der Waals surface area (Å²) in [4.78, 5) is 16.1. The van der Waals surface area contributed by atoms with Crippen molar-refractivity contribution in [2.24, 2.45) is 0 Å². The largest absolute Gasteiger partial charge is 0.504 e. The van der Waals surface area contributed by atoms with Gasteiger partial charge in [-0.15, -0.1) is 0 Å². The molecule has 1 aromatic carbocycles. The zero-order valence-electron chi connectivity index (χ0n) is 14.0. The van der Waals surface area contributed by atoms with Gasteiger partial charge in [-0.2, -0.15) is 0 Å². The van der Waals surface area contributed by atoms with Crippen LogP contribution >= 0.6 is 0 Å². The SMILES string of the molecule is CCOc1cc(C(C(=O)O)N2CCN(C)C(CC)C2)ccc1O. The van der Waals surface area contributed by atoms with E-state index in [1.807, 2.05) is 11.8 Å². The van der Waals surface area contributed by atoms with E-state index in [-0.39, 0.29) is 5.75 Å². The predicted octanol–water partition coefficient (Wildman–Crippen LogP) is 1.94. The topological polar surface area (TPSA) is 73.2 Å². The number of aliphatic carboxylic acids is 1. The molecule has 0 bridgehead atoms. The third-order valence-corrected chi connectivity index (χ3v) is 4.48. The predicted molar refractivity (Wildman–Crippen MR) is 87.9 cm³/mol. The minimum Gasteiger partial charge on any atom is -0.504 e. The Kier molecular flexibility index (Phi) is 5.85. The monoisotopic (exact) mass is 322 g/mol. The van der Waals surface area contributed by atoms with Gasteiger partial charge in [0.25, 0.3) is 0 Å². The maximum absolute atomic E-state index is 11.9. The summed E-state index contributed by atoms with van der Waals surface area (Å²) in [5, 5.41) is 19.6. The zero-order valence-corrected chi connectivity index (χ0v) is 14.0. The van der Waals surface area contributed by atoms with Crippen molar-refractivity contribution in [3.8, 4) is 11.5 Å². The number of phenols is 1. The first-order valence-electron chi connectivity index (χ1n) is 8.10. The van der Waals surface area contributed by atoms with Crippen molar-refractivity contribution in [1.29, 1.82) is 0 Å². The molecule has 6 nitrogen and oxygen atoms in total. The van der Waals surface area contributed by atoms with Crippen LogP contribution in [0.5, 0.6) is 11.5 Å². The highest BCUT2D eigenvalue weighted by Gasteiger charge is 2.33. The van der Waals surface area contributed by atoms with Crippen LogP contribution in [0.25, 0.3) is 0 Å². The number of carboxylic acids is 1. The van der Waals surface area contributed by atoms with Gasteiger partial charge in [0.15, 0.2) is 11.5 Å². The van der Waals surface area contributed by atoms with E-state index in [0.717, 1.165) is 19.5 Å². The van der Waals surface area contributed by atoms with Crippen molar-refractivity contribution < 1.29 is 19.7 Å². The van der Waals surface area contributed by atoms with Gasteiger partial charge >= 0.3 is 5.97 Å². The number of likely N-dealkylation sites (N-methyl/N-ethyl adjacent to an activating group) is 1. The Labute approximate surface area is 137 Å². The van der Waals surface area contributed by atoms with Crippen molar-refractivity contribution in [2.75, 3.05) is 33.3 Å². The number of rotatable bonds is 6. The van der Waals surface area contributed by atoms with E-state index in [1.54, 1.807) is 12.1 Å². The average Bonchev–Trinajstić information content (AvgIpc) is 2.52. The van der Waals surface area contributed by atoms with Crippen LogP contribution in [-0.4, -0.2) is 65.3 Å². The Bertz CT molecular complexity index is 549. The number of hydrogen-bond donors (Lipinski definition) is 2. The third kappa shape index (κ3) is 3.95. The number of ether oxygens (including phenoxy) is 1. The molecule has 0 saturated carbocycles. The fraction of sp³-hybridized carbons (Fsp3) is 0.588. The van der Waals surface area contributed by atoms with Gasteiger partial charge < -0.3 is 19.8 Å². The van der Waals surface area contributed by atoms with E-state index in [2.05, 4.69) is 18.9 Å². The zero-order chi connectivity index (χ0) is 17.0. The summed E-state index contributed by atoms with van der Waals surface area (Å²) in [6, 6.07) is 4.43. The standard InChI is InChI=1S/C17H26N2O4/c1-4-13-11-19(9-8-18(13)3)16(17(21)22)12-6-7-14(20)15(10-12)23-5-2/h6-7,10,13,16,20H,4-5,8-9,11H2,1-3H3,(H,21,22). The lowest BCUT2D eigenvalue weighted by Gasteiger charge is -2.41. The molecule has 1 heterocycles. The summed E-state index contributed by atoms with van der Waals surface area (Å²) in [7, 11) is 2.08. The molecule has 0 radical (unpaired) electrons. The van der Waals surface area contributed by atoms with Gasteiger partial charge in [0.1, 0.15) is 6.04 Å². The number of carbonyl (C=O) groups is 1. The molecule has 128 valence electrons. The van der Waals surface area contributed by atoms with Gasteiger partial charge in [-0.25, -0.2) is 0 Å². The molecule has 2 unspecified atom stereocenters. The lowest BCUT2D eigenvalue weighted by Crippen LogP contribution is -2.53. The van der Waals surface area contributed by atoms with E-state index < -0.39 is 12.0 Å². The molecule has 2 rings (SSSR count). The fourth-order valence-electron chi connectivity index (χ4n) is 3.13. The highest BCUT2D eigenvalue weighted by molar-refractivity contribution is 5.76. The molecule has 0 amide bonds. The minimum atomic E-state index is -0.877. The van der Waals surface area contributed by atoms with Crippen LogP contribution in [0.1, 0.15) is 31.9 Å². The second kappa shape index (κ2) is 7.66. The smallest absolute Gasteiger partial charge is 0.325 e. The van der Waals surface area contributed by atoms with Crippen LogP contribution in [-0.2, 0) is 4.79 Å². The van der Waals surface area contributed by atoms with Gasteiger partial charge in [-0.05, 0) is 38.1 Å². The van der Waals surface area contributed by atoms with Crippen LogP contribution in [0.15, 0.2) is 18.2 Å². The summed E-state index contributed by atoms with van der Waals surface area (Å²) in [6.45, 7) is 6.63. The fourth-order valence-corrected chi connectivity index (χ4v) is 3.13. The van der Waals surface area contributed by atoms with Crippen molar-refractivity contribution in [1.82, 2.24) is 9.80 Å². The van der Waals surface area contributed by atoms with Crippen LogP contribution in [0.2, 0.25) is 0 Å². The molecule has 2 atom stereocenters. The molecule has 0 aromatic heterocycles. The lowest BCUT2D eigenvalue weighted by atomic mass is 10.0. The number of benzene rings is 1. The molecule has 1 fully saturated rings. The minimum absolute atomic E-state index is 0.0320. The number of nitrogens with zero attached hydrogens (tertiary/aromatic N) is 2. The number of carboxylic acid groups (broad SMARTS) is 1. The summed E-state index contributed by atoms with van der Waals surface area (Å²) in [5.74, 6) is -0.514. The number of aromatic hydroxyl groups is 1. The molecule has 1 aliphatic rings. The highest BCUT2D eigenvalue weighted by Crippen LogP contribution is 2.32. The van der Waals surface area contributed by atoms with Crippen LogP contribution in [0.3, 0.4) is 0 Å². The average molecular weight is 322 g/mol. The molecular weight excluding hydrogens is 296 g/mol. The van der Waals surface area contributed by atoms with Crippen molar-refractivity contribution in [3.63, 3.8) is 0 Å². The molecular formula is C17H26N2O4. The lowest BCUT2D eigenvalue weighted by molar-refractivity contribution is -0.144. The molecule has 1 saturated heterocycles. The first kappa shape index (κ1) is 17.6. The van der Waals surface area contributed by atoms with E-state index in [4.69, 9.17) is 4.74 Å². The van der Waals surface area contributed by atoms with E-state index >= 15 is 0 Å². The third-order valence-electron chi connectivity index (χ3n) is 4.48. The quantitative estimate of drug-likeness (QED) is 0.834. The van der Waals surface area contributed by atoms with Crippen molar-refractivity contribution in [3.05, 3.63) is 23.8 Å². The Morgan fingerprint density at radius 2 is 2.13 bits per heavy atom. The molecule has 6 heteroatoms. The summed E-state index contributed by atoms with van der Waals surface area (Å²) in [6.07, 6.45) is 0.985. The molecule has 1 aliphatic heterocycles. The summed E-state index contributed by atoms with van der Waals surface area (Å²) >= 11 is 0. The molecule has 1 aromatic rings. The van der Waals surface area contributed by atoms with Crippen LogP contribution in [0, 0.1) is 0 Å². The molecule has 23 heavy (non-hydrogen) atoms. The first-order valence-corrected chi connectivity index (χ1v) is 8.10. The maximum atomic E-state index is 11.9. The van der Waals surface area contributed by atoms with Crippen molar-refractivity contribution in [2.45, 2.75) is 32.4 Å². The Balaban J connectivity index is 2.28. The number of hydrogen-bond acceptors (Lipinski definition) is 5. The van der Waals surface area contributed by atoms with Gasteiger partial charge in [0.2, 0.25) is 0 Å². The van der Waals surface area contributed by atoms with E-state index in [9.17, 15) is 15.0 Å². The summed E-state index contributed by atoms with van der Waals surface area (Å²) < 4.78 is 5.38. The van der Waals surface area contributed by atoms with E-state index in [0.29, 0.717) is 30.5 Å². The van der Waals surface area contributed by atoms with Crippen LogP contribution in [0.4, 0.5) is 0 Å². The second-order valence-electron chi connectivity index (χ2n) is 5.94. The molecule has 0 aliphatic carbocycles. The summed E-state index contributed by atoms with van der Waals surface area (Å²) in [5.41, 5.74) is 0.637. The Morgan fingerprint density at radius 3 is 2.74 bits per heavy atom. The molecule has 2 N–H and O–H groups in total. The van der Waals surface area contributed by atoms with Gasteiger partial charge in [-0.3, -0.25) is 9.69 Å². The van der Waals surface area contributed by atoms with E-state index in [1.165, 1.54) is 6.07 Å². The normalized spacial score (nSPS) is 21.1. The maximum Gasteiger partial charge on any atom is 0.325 e. The van der Waals surface area contributed by atoms with Crippen LogP contribution < -0.4 is 4.74 Å². The highest BCUT2D eigenvalue weighted by atomic mass is 16.5. The first-order chi connectivity index (χ1) is 11.0.